The van der Waals surface area contributed by atoms with E-state index in [4.69, 9.17) is 4.98 Å². The van der Waals surface area contributed by atoms with E-state index in [2.05, 4.69) is 19.2 Å². The standard InChI is InChI=1S/C13H22N2S/c1-3-5-7-11(14-4-2)13-15-10-8-6-9-12(10)16-13/h11,14H,3-9H2,1-2H3. The Bertz CT molecular complexity index is 311. The van der Waals surface area contributed by atoms with Crippen molar-refractivity contribution in [3.8, 4) is 0 Å². The Morgan fingerprint density at radius 3 is 2.94 bits per heavy atom. The molecule has 1 atom stereocenters. The van der Waals surface area contributed by atoms with Crippen molar-refractivity contribution >= 4 is 11.3 Å². The van der Waals surface area contributed by atoms with E-state index in [1.54, 1.807) is 4.88 Å². The summed E-state index contributed by atoms with van der Waals surface area (Å²) < 4.78 is 0. The van der Waals surface area contributed by atoms with Gasteiger partial charge in [-0.3, -0.25) is 0 Å². The lowest BCUT2D eigenvalue weighted by atomic mass is 10.1. The topological polar surface area (TPSA) is 24.9 Å². The number of rotatable bonds is 6. The molecule has 2 nitrogen and oxygen atoms in total. The SMILES string of the molecule is CCCCC(NCC)c1nc2c(s1)CCC2. The van der Waals surface area contributed by atoms with E-state index in [0.717, 1.165) is 6.54 Å². The monoisotopic (exact) mass is 238 g/mol. The molecule has 0 amide bonds. The summed E-state index contributed by atoms with van der Waals surface area (Å²) in [7, 11) is 0. The maximum atomic E-state index is 4.82. The third kappa shape index (κ3) is 2.64. The molecule has 0 aliphatic heterocycles. The molecular formula is C13H22N2S. The van der Waals surface area contributed by atoms with Gasteiger partial charge in [0.15, 0.2) is 0 Å². The van der Waals surface area contributed by atoms with Gasteiger partial charge in [0.2, 0.25) is 0 Å². The molecule has 0 radical (unpaired) electrons. The van der Waals surface area contributed by atoms with Crippen molar-refractivity contribution in [3.63, 3.8) is 0 Å². The molecule has 0 saturated carbocycles. The summed E-state index contributed by atoms with van der Waals surface area (Å²) in [5.74, 6) is 0. The molecular weight excluding hydrogens is 216 g/mol. The van der Waals surface area contributed by atoms with Crippen LogP contribution < -0.4 is 5.32 Å². The molecule has 90 valence electrons. The normalized spacial score (nSPS) is 16.4. The van der Waals surface area contributed by atoms with Gasteiger partial charge in [-0.1, -0.05) is 26.7 Å². The predicted molar refractivity (Wildman–Crippen MR) is 70.1 cm³/mol. The highest BCUT2D eigenvalue weighted by Crippen LogP contribution is 2.32. The lowest BCUT2D eigenvalue weighted by Crippen LogP contribution is -2.20. The van der Waals surface area contributed by atoms with Crippen LogP contribution in [0.15, 0.2) is 0 Å². The summed E-state index contributed by atoms with van der Waals surface area (Å²) in [5.41, 5.74) is 1.39. The molecule has 0 saturated heterocycles. The first-order valence-corrected chi connectivity index (χ1v) is 7.38. The Morgan fingerprint density at radius 1 is 1.38 bits per heavy atom. The predicted octanol–water partition coefficient (Wildman–Crippen LogP) is 3.47. The van der Waals surface area contributed by atoms with Crippen molar-refractivity contribution in [2.24, 2.45) is 0 Å². The van der Waals surface area contributed by atoms with Crippen molar-refractivity contribution in [1.82, 2.24) is 10.3 Å². The molecule has 1 aliphatic rings. The molecule has 0 fully saturated rings. The zero-order chi connectivity index (χ0) is 11.4. The van der Waals surface area contributed by atoms with Crippen LogP contribution in [0.2, 0.25) is 0 Å². The van der Waals surface area contributed by atoms with Gasteiger partial charge in [0, 0.05) is 4.88 Å². The molecule has 1 heterocycles. The fraction of sp³-hybridized carbons (Fsp3) is 0.769. The first-order chi connectivity index (χ1) is 7.85. The molecule has 1 aromatic rings. The van der Waals surface area contributed by atoms with Crippen LogP contribution in [0.3, 0.4) is 0 Å². The summed E-state index contributed by atoms with van der Waals surface area (Å²) in [5, 5.41) is 4.90. The lowest BCUT2D eigenvalue weighted by molar-refractivity contribution is 0.492. The second kappa shape index (κ2) is 5.78. The van der Waals surface area contributed by atoms with Crippen molar-refractivity contribution < 1.29 is 0 Å². The van der Waals surface area contributed by atoms with Gasteiger partial charge in [-0.15, -0.1) is 11.3 Å². The first-order valence-electron chi connectivity index (χ1n) is 6.57. The summed E-state index contributed by atoms with van der Waals surface area (Å²) in [6.07, 6.45) is 7.58. The minimum atomic E-state index is 0.501. The average Bonchev–Trinajstić information content (AvgIpc) is 2.84. The number of hydrogen-bond acceptors (Lipinski definition) is 3. The Labute approximate surface area is 102 Å². The second-order valence-corrected chi connectivity index (χ2v) is 5.64. The van der Waals surface area contributed by atoms with E-state index in [1.807, 2.05) is 11.3 Å². The second-order valence-electron chi connectivity index (χ2n) is 4.53. The molecule has 2 rings (SSSR count). The van der Waals surface area contributed by atoms with E-state index in [1.165, 1.54) is 49.2 Å². The highest BCUT2D eigenvalue weighted by molar-refractivity contribution is 7.11. The molecule has 3 heteroatoms. The maximum Gasteiger partial charge on any atom is 0.110 e. The highest BCUT2D eigenvalue weighted by Gasteiger charge is 2.20. The van der Waals surface area contributed by atoms with Gasteiger partial charge in [-0.05, 0) is 32.2 Å². The summed E-state index contributed by atoms with van der Waals surface area (Å²) in [6.45, 7) is 5.48. The minimum Gasteiger partial charge on any atom is -0.308 e. The zero-order valence-corrected chi connectivity index (χ0v) is 11.2. The van der Waals surface area contributed by atoms with Crippen LogP contribution in [0, 0.1) is 0 Å². The molecule has 1 unspecified atom stereocenters. The van der Waals surface area contributed by atoms with Gasteiger partial charge in [0.25, 0.3) is 0 Å². The highest BCUT2D eigenvalue weighted by atomic mass is 32.1. The number of nitrogens with zero attached hydrogens (tertiary/aromatic N) is 1. The molecule has 1 aromatic heterocycles. The molecule has 16 heavy (non-hydrogen) atoms. The first kappa shape index (κ1) is 12.1. The van der Waals surface area contributed by atoms with Crippen LogP contribution in [0.1, 0.15) is 61.2 Å². The quantitative estimate of drug-likeness (QED) is 0.821. The van der Waals surface area contributed by atoms with Gasteiger partial charge >= 0.3 is 0 Å². The van der Waals surface area contributed by atoms with Crippen molar-refractivity contribution in [3.05, 3.63) is 15.6 Å². The van der Waals surface area contributed by atoms with Crippen LogP contribution in [0.4, 0.5) is 0 Å². The lowest BCUT2D eigenvalue weighted by Gasteiger charge is -2.14. The van der Waals surface area contributed by atoms with Crippen LogP contribution in [0.5, 0.6) is 0 Å². The van der Waals surface area contributed by atoms with E-state index in [-0.39, 0.29) is 0 Å². The summed E-state index contributed by atoms with van der Waals surface area (Å²) >= 11 is 1.95. The van der Waals surface area contributed by atoms with Crippen molar-refractivity contribution in [1.29, 1.82) is 0 Å². The number of unbranched alkanes of at least 4 members (excludes halogenated alkanes) is 1. The smallest absolute Gasteiger partial charge is 0.110 e. The van der Waals surface area contributed by atoms with Crippen molar-refractivity contribution in [2.75, 3.05) is 6.54 Å². The number of aromatic nitrogens is 1. The fourth-order valence-electron chi connectivity index (χ4n) is 2.33. The van der Waals surface area contributed by atoms with E-state index in [9.17, 15) is 0 Å². The Morgan fingerprint density at radius 2 is 2.25 bits per heavy atom. The minimum absolute atomic E-state index is 0.501. The van der Waals surface area contributed by atoms with Crippen molar-refractivity contribution in [2.45, 2.75) is 58.4 Å². The number of hydrogen-bond donors (Lipinski definition) is 1. The molecule has 0 aromatic carbocycles. The van der Waals surface area contributed by atoms with Gasteiger partial charge in [0.1, 0.15) is 5.01 Å². The summed E-state index contributed by atoms with van der Waals surface area (Å²) in [4.78, 5) is 6.37. The number of nitrogens with one attached hydrogen (secondary N) is 1. The van der Waals surface area contributed by atoms with Gasteiger partial charge < -0.3 is 5.32 Å². The molecule has 1 N–H and O–H groups in total. The maximum absolute atomic E-state index is 4.82. The number of thiazole rings is 1. The van der Waals surface area contributed by atoms with E-state index >= 15 is 0 Å². The third-order valence-electron chi connectivity index (χ3n) is 3.21. The average molecular weight is 238 g/mol. The van der Waals surface area contributed by atoms with Crippen LogP contribution in [0.25, 0.3) is 0 Å². The van der Waals surface area contributed by atoms with E-state index in [0.29, 0.717) is 6.04 Å². The third-order valence-corrected chi connectivity index (χ3v) is 4.48. The molecule has 0 spiro atoms. The number of aryl methyl sites for hydroxylation is 2. The van der Waals surface area contributed by atoms with Crippen LogP contribution in [-0.2, 0) is 12.8 Å². The van der Waals surface area contributed by atoms with Crippen LogP contribution >= 0.6 is 11.3 Å². The fourth-order valence-corrected chi connectivity index (χ4v) is 3.59. The Kier molecular flexibility index (Phi) is 4.36. The molecule has 0 bridgehead atoms. The Balaban J connectivity index is 2.05. The van der Waals surface area contributed by atoms with Gasteiger partial charge in [-0.2, -0.15) is 0 Å². The zero-order valence-electron chi connectivity index (χ0n) is 10.4. The van der Waals surface area contributed by atoms with Crippen LogP contribution in [-0.4, -0.2) is 11.5 Å². The molecule has 1 aliphatic carbocycles. The number of fused-ring (bicyclic) bond motifs is 1. The largest absolute Gasteiger partial charge is 0.308 e. The van der Waals surface area contributed by atoms with Gasteiger partial charge in [-0.25, -0.2) is 4.98 Å². The Hall–Kier alpha value is -0.410. The van der Waals surface area contributed by atoms with Gasteiger partial charge in [0.05, 0.1) is 11.7 Å². The summed E-state index contributed by atoms with van der Waals surface area (Å²) in [6, 6.07) is 0.501. The van der Waals surface area contributed by atoms with E-state index < -0.39 is 0 Å².